The molecule has 0 spiro atoms. The summed E-state index contributed by atoms with van der Waals surface area (Å²) in [6.45, 7) is -0.315. The number of hydrogen-bond donors (Lipinski definition) is 2. The Bertz CT molecular complexity index is 900. The minimum absolute atomic E-state index is 0.270. The van der Waals surface area contributed by atoms with Crippen LogP contribution in [0.3, 0.4) is 0 Å². The zero-order valence-electron chi connectivity index (χ0n) is 13.9. The van der Waals surface area contributed by atoms with Gasteiger partial charge in [-0.05, 0) is 42.3 Å². The van der Waals surface area contributed by atoms with Gasteiger partial charge in [0.05, 0.1) is 17.0 Å². The van der Waals surface area contributed by atoms with Gasteiger partial charge in [0.1, 0.15) is 0 Å². The predicted molar refractivity (Wildman–Crippen MR) is 94.8 cm³/mol. The summed E-state index contributed by atoms with van der Waals surface area (Å²) in [6, 6.07) is 10.3. The van der Waals surface area contributed by atoms with Crippen molar-refractivity contribution in [3.8, 4) is 0 Å². The van der Waals surface area contributed by atoms with Gasteiger partial charge in [-0.3, -0.25) is 4.79 Å². The SMILES string of the molecule is O=C(CNS(=O)(=O)c1cccc(C(F)(F)F)c1)NCCc1ccc(Cl)cc1. The normalized spacial score (nSPS) is 12.0. The third kappa shape index (κ3) is 6.53. The van der Waals surface area contributed by atoms with E-state index in [9.17, 15) is 26.4 Å². The van der Waals surface area contributed by atoms with Crippen molar-refractivity contribution in [3.05, 3.63) is 64.7 Å². The summed E-state index contributed by atoms with van der Waals surface area (Å²) in [4.78, 5) is 11.2. The van der Waals surface area contributed by atoms with Gasteiger partial charge in [0.2, 0.25) is 15.9 Å². The summed E-state index contributed by atoms with van der Waals surface area (Å²) in [5.74, 6) is -0.598. The van der Waals surface area contributed by atoms with Crippen LogP contribution in [0, 0.1) is 0 Å². The molecule has 0 aliphatic heterocycles. The quantitative estimate of drug-likeness (QED) is 0.723. The maximum absolute atomic E-state index is 12.7. The van der Waals surface area contributed by atoms with Crippen molar-refractivity contribution in [2.45, 2.75) is 17.5 Å². The monoisotopic (exact) mass is 420 g/mol. The fraction of sp³-hybridized carbons (Fsp3) is 0.235. The van der Waals surface area contributed by atoms with E-state index in [1.165, 1.54) is 0 Å². The van der Waals surface area contributed by atoms with Gasteiger partial charge < -0.3 is 5.32 Å². The Hall–Kier alpha value is -2.10. The van der Waals surface area contributed by atoms with Crippen LogP contribution < -0.4 is 10.0 Å². The van der Waals surface area contributed by atoms with E-state index in [2.05, 4.69) is 5.32 Å². The second-order valence-corrected chi connectivity index (χ2v) is 7.78. The summed E-state index contributed by atoms with van der Waals surface area (Å²) in [6.07, 6.45) is -4.14. The molecule has 2 N–H and O–H groups in total. The standard InChI is InChI=1S/C17H16ClF3N2O3S/c18-14-6-4-12(5-7-14)8-9-22-16(24)11-23-27(25,26)15-3-1-2-13(10-15)17(19,20)21/h1-7,10,23H,8-9,11H2,(H,22,24). The first-order chi connectivity index (χ1) is 12.6. The van der Waals surface area contributed by atoms with Crippen LogP contribution in [0.15, 0.2) is 53.4 Å². The van der Waals surface area contributed by atoms with Crippen LogP contribution in [0.4, 0.5) is 13.2 Å². The summed E-state index contributed by atoms with van der Waals surface area (Å²) < 4.78 is 64.2. The van der Waals surface area contributed by atoms with Gasteiger partial charge in [-0.25, -0.2) is 13.1 Å². The van der Waals surface area contributed by atoms with E-state index in [-0.39, 0.29) is 6.54 Å². The molecule has 0 aliphatic carbocycles. The number of alkyl halides is 3. The van der Waals surface area contributed by atoms with Gasteiger partial charge in [-0.15, -0.1) is 0 Å². The lowest BCUT2D eigenvalue weighted by Gasteiger charge is -2.10. The summed E-state index contributed by atoms with van der Waals surface area (Å²) in [5, 5.41) is 3.12. The molecule has 0 aromatic heterocycles. The van der Waals surface area contributed by atoms with Crippen LogP contribution in [0.25, 0.3) is 0 Å². The molecule has 27 heavy (non-hydrogen) atoms. The largest absolute Gasteiger partial charge is 0.416 e. The van der Waals surface area contributed by atoms with Gasteiger partial charge in [-0.2, -0.15) is 13.2 Å². The molecule has 2 aromatic rings. The molecule has 0 saturated carbocycles. The highest BCUT2D eigenvalue weighted by Gasteiger charge is 2.31. The summed E-state index contributed by atoms with van der Waals surface area (Å²) in [7, 11) is -4.25. The number of nitrogens with one attached hydrogen (secondary N) is 2. The Balaban J connectivity index is 1.87. The van der Waals surface area contributed by atoms with E-state index in [1.807, 2.05) is 4.72 Å². The van der Waals surface area contributed by atoms with Crippen molar-refractivity contribution in [3.63, 3.8) is 0 Å². The molecule has 0 saturated heterocycles. The smallest absolute Gasteiger partial charge is 0.355 e. The fourth-order valence-corrected chi connectivity index (χ4v) is 3.30. The third-order valence-electron chi connectivity index (χ3n) is 3.54. The van der Waals surface area contributed by atoms with Gasteiger partial charge in [0.25, 0.3) is 0 Å². The lowest BCUT2D eigenvalue weighted by Crippen LogP contribution is -2.37. The van der Waals surface area contributed by atoms with E-state index >= 15 is 0 Å². The highest BCUT2D eigenvalue weighted by atomic mass is 35.5. The van der Waals surface area contributed by atoms with Gasteiger partial charge in [-0.1, -0.05) is 29.8 Å². The Morgan fingerprint density at radius 1 is 1.07 bits per heavy atom. The number of sulfonamides is 1. The van der Waals surface area contributed by atoms with Crippen molar-refractivity contribution in [2.24, 2.45) is 0 Å². The van der Waals surface area contributed by atoms with Crippen LogP contribution >= 0.6 is 11.6 Å². The second-order valence-electron chi connectivity index (χ2n) is 5.58. The Kier molecular flexibility index (Phi) is 6.85. The number of hydrogen-bond acceptors (Lipinski definition) is 3. The molecule has 0 atom stereocenters. The second kappa shape index (κ2) is 8.73. The highest BCUT2D eigenvalue weighted by Crippen LogP contribution is 2.30. The first-order valence-electron chi connectivity index (χ1n) is 7.76. The number of carbonyl (C=O) groups excluding carboxylic acids is 1. The maximum atomic E-state index is 12.7. The third-order valence-corrected chi connectivity index (χ3v) is 5.19. The van der Waals surface area contributed by atoms with Crippen LogP contribution in [0.5, 0.6) is 0 Å². The topological polar surface area (TPSA) is 75.3 Å². The van der Waals surface area contributed by atoms with Crippen LogP contribution in [-0.2, 0) is 27.4 Å². The fourth-order valence-electron chi connectivity index (χ4n) is 2.14. The Labute approximate surface area is 159 Å². The molecule has 2 aromatic carbocycles. The molecule has 0 heterocycles. The van der Waals surface area contributed by atoms with Gasteiger partial charge in [0.15, 0.2) is 0 Å². The number of carbonyl (C=O) groups is 1. The molecule has 1 amide bonds. The predicted octanol–water partition coefficient (Wildman–Crippen LogP) is 3.00. The van der Waals surface area contributed by atoms with Gasteiger partial charge >= 0.3 is 6.18 Å². The molecule has 0 radical (unpaired) electrons. The Morgan fingerprint density at radius 2 is 1.74 bits per heavy atom. The van der Waals surface area contributed by atoms with E-state index in [1.54, 1.807) is 24.3 Å². The van der Waals surface area contributed by atoms with E-state index in [0.717, 1.165) is 23.8 Å². The zero-order valence-corrected chi connectivity index (χ0v) is 15.5. The Morgan fingerprint density at radius 3 is 2.37 bits per heavy atom. The van der Waals surface area contributed by atoms with Crippen molar-refractivity contribution in [2.75, 3.05) is 13.1 Å². The molecular formula is C17H16ClF3N2O3S. The van der Waals surface area contributed by atoms with Crippen molar-refractivity contribution < 1.29 is 26.4 Å². The molecule has 0 unspecified atom stereocenters. The van der Waals surface area contributed by atoms with Crippen molar-refractivity contribution in [1.29, 1.82) is 0 Å². The van der Waals surface area contributed by atoms with Crippen LogP contribution in [0.1, 0.15) is 11.1 Å². The molecule has 0 aliphatic rings. The molecule has 0 fully saturated rings. The average molecular weight is 421 g/mol. The lowest BCUT2D eigenvalue weighted by molar-refractivity contribution is -0.137. The zero-order chi connectivity index (χ0) is 20.1. The van der Waals surface area contributed by atoms with Crippen LogP contribution in [-0.4, -0.2) is 27.4 Å². The van der Waals surface area contributed by atoms with Crippen molar-refractivity contribution >= 4 is 27.5 Å². The number of benzene rings is 2. The van der Waals surface area contributed by atoms with E-state index in [0.29, 0.717) is 17.5 Å². The molecule has 2 rings (SSSR count). The van der Waals surface area contributed by atoms with Crippen molar-refractivity contribution in [1.82, 2.24) is 10.0 Å². The van der Waals surface area contributed by atoms with E-state index < -0.39 is 39.1 Å². The molecule has 10 heteroatoms. The minimum atomic E-state index is -4.66. The summed E-state index contributed by atoms with van der Waals surface area (Å²) >= 11 is 5.77. The average Bonchev–Trinajstić information content (AvgIpc) is 2.61. The molecular weight excluding hydrogens is 405 g/mol. The first kappa shape index (κ1) is 21.2. The van der Waals surface area contributed by atoms with E-state index in [4.69, 9.17) is 11.6 Å². The number of rotatable bonds is 7. The number of halogens is 4. The van der Waals surface area contributed by atoms with Gasteiger partial charge in [0, 0.05) is 11.6 Å². The molecule has 5 nitrogen and oxygen atoms in total. The van der Waals surface area contributed by atoms with Crippen LogP contribution in [0.2, 0.25) is 5.02 Å². The number of amides is 1. The molecule has 0 bridgehead atoms. The maximum Gasteiger partial charge on any atom is 0.416 e. The summed E-state index contributed by atoms with van der Waals surface area (Å²) in [5.41, 5.74) is -0.151. The minimum Gasteiger partial charge on any atom is -0.355 e. The molecule has 146 valence electrons. The lowest BCUT2D eigenvalue weighted by atomic mass is 10.1. The highest BCUT2D eigenvalue weighted by molar-refractivity contribution is 7.89. The first-order valence-corrected chi connectivity index (χ1v) is 9.62.